The lowest BCUT2D eigenvalue weighted by Crippen LogP contribution is -2.58. The number of piperazine rings is 1. The van der Waals surface area contributed by atoms with Crippen LogP contribution in [0.5, 0.6) is 0 Å². The van der Waals surface area contributed by atoms with Gasteiger partial charge in [-0.15, -0.1) is 0 Å². The molecule has 0 aromatic heterocycles. The maximum Gasteiger partial charge on any atom is 0.237 e. The van der Waals surface area contributed by atoms with Gasteiger partial charge < -0.3 is 15.0 Å². The zero-order chi connectivity index (χ0) is 21.2. The van der Waals surface area contributed by atoms with E-state index >= 15 is 0 Å². The first-order valence-electron chi connectivity index (χ1n) is 11.5. The van der Waals surface area contributed by atoms with Gasteiger partial charge in [0.2, 0.25) is 11.8 Å². The van der Waals surface area contributed by atoms with Crippen molar-refractivity contribution in [3.05, 3.63) is 35.9 Å². The summed E-state index contributed by atoms with van der Waals surface area (Å²) in [5.74, 6) is 0.814. The van der Waals surface area contributed by atoms with Gasteiger partial charge in [-0.2, -0.15) is 0 Å². The first-order chi connectivity index (χ1) is 14.7. The maximum absolute atomic E-state index is 13.0. The molecule has 1 aliphatic carbocycles. The molecular weight excluding hydrogens is 378 g/mol. The largest absolute Gasteiger partial charge is 0.385 e. The summed E-state index contributed by atoms with van der Waals surface area (Å²) in [7, 11) is 1.68. The van der Waals surface area contributed by atoms with E-state index < -0.39 is 0 Å². The van der Waals surface area contributed by atoms with Gasteiger partial charge in [0, 0.05) is 52.9 Å². The van der Waals surface area contributed by atoms with E-state index in [0.29, 0.717) is 38.6 Å². The third-order valence-corrected chi connectivity index (χ3v) is 6.47. The number of benzene rings is 1. The Bertz CT molecular complexity index is 653. The second-order valence-electron chi connectivity index (χ2n) is 8.53. The monoisotopic (exact) mass is 415 g/mol. The first kappa shape index (κ1) is 22.8. The molecule has 6 nitrogen and oxygen atoms in total. The molecule has 0 unspecified atom stereocenters. The Labute approximate surface area is 180 Å². The third-order valence-electron chi connectivity index (χ3n) is 6.47. The molecule has 1 heterocycles. The second kappa shape index (κ2) is 12.1. The lowest BCUT2D eigenvalue weighted by molar-refractivity contribution is -0.135. The smallest absolute Gasteiger partial charge is 0.237 e. The van der Waals surface area contributed by atoms with E-state index in [1.165, 1.54) is 18.4 Å². The van der Waals surface area contributed by atoms with Crippen molar-refractivity contribution < 1.29 is 14.3 Å². The fraction of sp³-hybridized carbons (Fsp3) is 0.667. The first-order valence-corrected chi connectivity index (χ1v) is 11.5. The van der Waals surface area contributed by atoms with Gasteiger partial charge in [0.1, 0.15) is 0 Å². The number of carbonyl (C=O) groups excluding carboxylic acids is 2. The van der Waals surface area contributed by atoms with E-state index in [9.17, 15) is 9.59 Å². The number of rotatable bonds is 10. The van der Waals surface area contributed by atoms with Crippen LogP contribution in [-0.2, 0) is 20.7 Å². The van der Waals surface area contributed by atoms with Crippen LogP contribution in [0, 0.1) is 5.92 Å². The van der Waals surface area contributed by atoms with E-state index in [1.54, 1.807) is 7.11 Å². The molecule has 6 heteroatoms. The van der Waals surface area contributed by atoms with Crippen molar-refractivity contribution in [1.29, 1.82) is 0 Å². The van der Waals surface area contributed by atoms with Crippen molar-refractivity contribution in [1.82, 2.24) is 15.1 Å². The second-order valence-corrected chi connectivity index (χ2v) is 8.53. The molecule has 3 rings (SSSR count). The fourth-order valence-electron chi connectivity index (χ4n) is 4.79. The number of nitrogens with one attached hydrogen (secondary N) is 1. The number of nitrogens with zero attached hydrogens (tertiary/aromatic N) is 2. The third kappa shape index (κ3) is 6.54. The van der Waals surface area contributed by atoms with Crippen LogP contribution in [0.1, 0.15) is 44.1 Å². The van der Waals surface area contributed by atoms with Crippen molar-refractivity contribution >= 4 is 11.8 Å². The van der Waals surface area contributed by atoms with Crippen LogP contribution in [0.15, 0.2) is 30.3 Å². The molecule has 30 heavy (non-hydrogen) atoms. The average Bonchev–Trinajstić information content (AvgIpc) is 3.31. The van der Waals surface area contributed by atoms with Crippen LogP contribution in [0.25, 0.3) is 0 Å². The number of amides is 2. The SMILES string of the molecule is COCCCNC(=O)[C@H](C1CCCC1)N1CCN(C(=O)CCc2ccccc2)CC1. The fourth-order valence-corrected chi connectivity index (χ4v) is 4.79. The van der Waals surface area contributed by atoms with Gasteiger partial charge in [-0.05, 0) is 37.2 Å². The Morgan fingerprint density at radius 2 is 1.80 bits per heavy atom. The summed E-state index contributed by atoms with van der Waals surface area (Å²) in [6.45, 7) is 4.32. The summed E-state index contributed by atoms with van der Waals surface area (Å²) < 4.78 is 5.08. The normalized spacial score (nSPS) is 19.0. The highest BCUT2D eigenvalue weighted by atomic mass is 16.5. The average molecular weight is 416 g/mol. The molecule has 2 aliphatic rings. The molecule has 0 radical (unpaired) electrons. The number of hydrogen-bond acceptors (Lipinski definition) is 4. The Balaban J connectivity index is 1.49. The molecule has 2 amide bonds. The van der Waals surface area contributed by atoms with Crippen LogP contribution in [-0.4, -0.2) is 74.1 Å². The Morgan fingerprint density at radius 3 is 2.47 bits per heavy atom. The highest BCUT2D eigenvalue weighted by molar-refractivity contribution is 5.82. The summed E-state index contributed by atoms with van der Waals surface area (Å²) in [5, 5.41) is 3.12. The standard InChI is InChI=1S/C24H37N3O3/c1-30-19-7-14-25-24(29)23(21-10-5-6-11-21)27-17-15-26(16-18-27)22(28)13-12-20-8-3-2-4-9-20/h2-4,8-9,21,23H,5-7,10-19H2,1H3,(H,25,29)/t23-/m0/s1. The van der Waals surface area contributed by atoms with Crippen molar-refractivity contribution in [2.45, 2.75) is 51.0 Å². The Kier molecular flexibility index (Phi) is 9.15. The lowest BCUT2D eigenvalue weighted by Gasteiger charge is -2.40. The highest BCUT2D eigenvalue weighted by Crippen LogP contribution is 2.31. The molecule has 0 spiro atoms. The van der Waals surface area contributed by atoms with Crippen LogP contribution >= 0.6 is 0 Å². The van der Waals surface area contributed by atoms with Crippen molar-refractivity contribution in [3.63, 3.8) is 0 Å². The number of carbonyl (C=O) groups is 2. The number of ether oxygens (including phenoxy) is 1. The number of aryl methyl sites for hydroxylation is 1. The quantitative estimate of drug-likeness (QED) is 0.597. The predicted molar refractivity (Wildman–Crippen MR) is 118 cm³/mol. The summed E-state index contributed by atoms with van der Waals surface area (Å²) in [6.07, 6.45) is 6.87. The minimum absolute atomic E-state index is 0.0587. The van der Waals surface area contributed by atoms with Gasteiger partial charge >= 0.3 is 0 Å². The number of methoxy groups -OCH3 is 1. The minimum atomic E-state index is -0.0587. The Hall–Kier alpha value is -1.92. The summed E-state index contributed by atoms with van der Waals surface area (Å²) in [4.78, 5) is 29.9. The topological polar surface area (TPSA) is 61.9 Å². The molecule has 0 bridgehead atoms. The highest BCUT2D eigenvalue weighted by Gasteiger charge is 2.37. The molecular formula is C24H37N3O3. The van der Waals surface area contributed by atoms with E-state index in [0.717, 1.165) is 38.8 Å². The molecule has 166 valence electrons. The molecule has 1 atom stereocenters. The molecule has 1 aliphatic heterocycles. The van der Waals surface area contributed by atoms with E-state index in [2.05, 4.69) is 22.3 Å². The summed E-state index contributed by atoms with van der Waals surface area (Å²) >= 11 is 0. The summed E-state index contributed by atoms with van der Waals surface area (Å²) in [5.41, 5.74) is 1.20. The van der Waals surface area contributed by atoms with E-state index in [4.69, 9.17) is 4.74 Å². The van der Waals surface area contributed by atoms with Crippen molar-refractivity contribution in [2.24, 2.45) is 5.92 Å². The Morgan fingerprint density at radius 1 is 1.10 bits per heavy atom. The van der Waals surface area contributed by atoms with E-state index in [-0.39, 0.29) is 17.9 Å². The minimum Gasteiger partial charge on any atom is -0.385 e. The molecule has 2 fully saturated rings. The van der Waals surface area contributed by atoms with Gasteiger partial charge in [0.25, 0.3) is 0 Å². The van der Waals surface area contributed by atoms with Crippen LogP contribution in [0.3, 0.4) is 0 Å². The van der Waals surface area contributed by atoms with Crippen LogP contribution < -0.4 is 5.32 Å². The van der Waals surface area contributed by atoms with Crippen LogP contribution in [0.2, 0.25) is 0 Å². The van der Waals surface area contributed by atoms with Crippen molar-refractivity contribution in [3.8, 4) is 0 Å². The van der Waals surface area contributed by atoms with Gasteiger partial charge in [0.05, 0.1) is 6.04 Å². The molecule has 1 aromatic carbocycles. The zero-order valence-corrected chi connectivity index (χ0v) is 18.4. The molecule has 1 N–H and O–H groups in total. The number of hydrogen-bond donors (Lipinski definition) is 1. The summed E-state index contributed by atoms with van der Waals surface area (Å²) in [6, 6.07) is 10.1. The zero-order valence-electron chi connectivity index (χ0n) is 18.4. The molecule has 1 saturated carbocycles. The van der Waals surface area contributed by atoms with Crippen LogP contribution in [0.4, 0.5) is 0 Å². The van der Waals surface area contributed by atoms with E-state index in [1.807, 2.05) is 23.1 Å². The molecule has 1 saturated heterocycles. The van der Waals surface area contributed by atoms with Gasteiger partial charge in [-0.25, -0.2) is 0 Å². The maximum atomic E-state index is 13.0. The van der Waals surface area contributed by atoms with Gasteiger partial charge in [0.15, 0.2) is 0 Å². The predicted octanol–water partition coefficient (Wildman–Crippen LogP) is 2.47. The molecule has 1 aromatic rings. The van der Waals surface area contributed by atoms with Gasteiger partial charge in [-0.1, -0.05) is 43.2 Å². The lowest BCUT2D eigenvalue weighted by atomic mass is 9.95. The van der Waals surface area contributed by atoms with Crippen molar-refractivity contribution in [2.75, 3.05) is 46.4 Å². The van der Waals surface area contributed by atoms with Gasteiger partial charge in [-0.3, -0.25) is 14.5 Å².